The van der Waals surface area contributed by atoms with Crippen molar-refractivity contribution >= 4 is 29.7 Å². The average Bonchev–Trinajstić information content (AvgIpc) is 3.17. The molecule has 132 valence electrons. The summed E-state index contributed by atoms with van der Waals surface area (Å²) < 4.78 is 0. The van der Waals surface area contributed by atoms with Crippen molar-refractivity contribution in [2.24, 2.45) is 5.92 Å². The first-order chi connectivity index (χ1) is 12.2. The lowest BCUT2D eigenvalue weighted by Gasteiger charge is -2.40. The molecular formula is C20H24N2O2S. The fourth-order valence-corrected chi connectivity index (χ4v) is 5.41. The highest BCUT2D eigenvalue weighted by molar-refractivity contribution is 8.04. The molecule has 1 aliphatic carbocycles. The molecule has 4 nitrogen and oxygen atoms in total. The molecular weight excluding hydrogens is 332 g/mol. The number of carbonyl (C=O) groups excluding carboxylic acids is 2. The predicted molar refractivity (Wildman–Crippen MR) is 101 cm³/mol. The topological polar surface area (TPSA) is 49.4 Å². The van der Waals surface area contributed by atoms with Crippen molar-refractivity contribution in [3.63, 3.8) is 0 Å². The Bertz CT molecular complexity index is 682. The van der Waals surface area contributed by atoms with Gasteiger partial charge in [-0.25, -0.2) is 0 Å². The van der Waals surface area contributed by atoms with Crippen LogP contribution >= 0.6 is 11.8 Å². The SMILES string of the molecule is O=C1NC2CC(C(=O)N3CCCC3)CCC2S/C1=C\c1ccccc1. The van der Waals surface area contributed by atoms with E-state index in [0.717, 1.165) is 55.7 Å². The molecule has 5 heteroatoms. The van der Waals surface area contributed by atoms with Crippen LogP contribution < -0.4 is 5.32 Å². The Hall–Kier alpha value is -1.75. The lowest BCUT2D eigenvalue weighted by molar-refractivity contribution is -0.136. The fourth-order valence-electron chi connectivity index (χ4n) is 4.11. The Labute approximate surface area is 153 Å². The van der Waals surface area contributed by atoms with Crippen LogP contribution in [-0.2, 0) is 9.59 Å². The Morgan fingerprint density at radius 1 is 1.16 bits per heavy atom. The summed E-state index contributed by atoms with van der Waals surface area (Å²) in [6.07, 6.45) is 6.95. The first kappa shape index (κ1) is 16.7. The van der Waals surface area contributed by atoms with Crippen molar-refractivity contribution in [2.45, 2.75) is 43.4 Å². The van der Waals surface area contributed by atoms with Crippen LogP contribution in [0.3, 0.4) is 0 Å². The van der Waals surface area contributed by atoms with Gasteiger partial charge in [0.1, 0.15) is 0 Å². The number of rotatable bonds is 2. The number of likely N-dealkylation sites (tertiary alicyclic amines) is 1. The molecule has 4 rings (SSSR count). The monoisotopic (exact) mass is 356 g/mol. The van der Waals surface area contributed by atoms with Crippen molar-refractivity contribution in [1.29, 1.82) is 0 Å². The maximum Gasteiger partial charge on any atom is 0.257 e. The van der Waals surface area contributed by atoms with Crippen LogP contribution in [0.15, 0.2) is 35.2 Å². The van der Waals surface area contributed by atoms with Crippen molar-refractivity contribution < 1.29 is 9.59 Å². The van der Waals surface area contributed by atoms with Gasteiger partial charge in [0.15, 0.2) is 0 Å². The minimum atomic E-state index is 0.00405. The third-order valence-corrected chi connectivity index (χ3v) is 6.89. The minimum absolute atomic E-state index is 0.00405. The van der Waals surface area contributed by atoms with Gasteiger partial charge in [-0.1, -0.05) is 30.3 Å². The number of hydrogen-bond donors (Lipinski definition) is 1. The number of benzene rings is 1. The molecule has 2 amide bonds. The molecule has 1 aromatic carbocycles. The van der Waals surface area contributed by atoms with Gasteiger partial charge in [-0.3, -0.25) is 9.59 Å². The van der Waals surface area contributed by atoms with Gasteiger partial charge in [-0.15, -0.1) is 11.8 Å². The molecule has 3 unspecified atom stereocenters. The first-order valence-corrected chi connectivity index (χ1v) is 10.1. The highest BCUT2D eigenvalue weighted by Gasteiger charge is 2.40. The number of fused-ring (bicyclic) bond motifs is 1. The van der Waals surface area contributed by atoms with Gasteiger partial charge < -0.3 is 10.2 Å². The summed E-state index contributed by atoms with van der Waals surface area (Å²) in [5.74, 6) is 0.394. The highest BCUT2D eigenvalue weighted by atomic mass is 32.2. The van der Waals surface area contributed by atoms with Gasteiger partial charge in [0.2, 0.25) is 5.91 Å². The number of thioether (sulfide) groups is 1. The average molecular weight is 356 g/mol. The first-order valence-electron chi connectivity index (χ1n) is 9.24. The van der Waals surface area contributed by atoms with E-state index in [4.69, 9.17) is 0 Å². The largest absolute Gasteiger partial charge is 0.348 e. The van der Waals surface area contributed by atoms with Crippen LogP contribution in [0.4, 0.5) is 0 Å². The van der Waals surface area contributed by atoms with Crippen LogP contribution in [0.2, 0.25) is 0 Å². The molecule has 2 saturated heterocycles. The molecule has 25 heavy (non-hydrogen) atoms. The number of nitrogens with zero attached hydrogens (tertiary/aromatic N) is 1. The van der Waals surface area contributed by atoms with E-state index in [1.54, 1.807) is 11.8 Å². The Morgan fingerprint density at radius 3 is 2.68 bits per heavy atom. The highest BCUT2D eigenvalue weighted by Crippen LogP contribution is 2.40. The molecule has 2 aliphatic heterocycles. The second-order valence-corrected chi connectivity index (χ2v) is 8.48. The molecule has 2 heterocycles. The summed E-state index contributed by atoms with van der Waals surface area (Å²) in [7, 11) is 0. The van der Waals surface area contributed by atoms with Crippen molar-refractivity contribution in [1.82, 2.24) is 10.2 Å². The van der Waals surface area contributed by atoms with E-state index in [2.05, 4.69) is 5.32 Å². The van der Waals surface area contributed by atoms with Gasteiger partial charge in [-0.05, 0) is 43.7 Å². The van der Waals surface area contributed by atoms with E-state index in [-0.39, 0.29) is 17.9 Å². The lowest BCUT2D eigenvalue weighted by Crippen LogP contribution is -2.51. The number of hydrogen-bond acceptors (Lipinski definition) is 3. The van der Waals surface area contributed by atoms with E-state index in [1.165, 1.54) is 0 Å². The van der Waals surface area contributed by atoms with Crippen molar-refractivity contribution in [3.8, 4) is 0 Å². The summed E-state index contributed by atoms with van der Waals surface area (Å²) in [5, 5.41) is 3.55. The fraction of sp³-hybridized carbons (Fsp3) is 0.500. The normalized spacial score (nSPS) is 30.9. The van der Waals surface area contributed by atoms with Gasteiger partial charge in [0, 0.05) is 30.3 Å². The molecule has 0 radical (unpaired) electrons. The van der Waals surface area contributed by atoms with E-state index in [9.17, 15) is 9.59 Å². The number of carbonyl (C=O) groups is 2. The molecule has 3 aliphatic rings. The van der Waals surface area contributed by atoms with Gasteiger partial charge in [-0.2, -0.15) is 0 Å². The Balaban J connectivity index is 1.42. The standard InChI is InChI=1S/C20H24N2O2S/c23-19-18(12-14-6-2-1-3-7-14)25-17-9-8-15(13-16(17)21-19)20(24)22-10-4-5-11-22/h1-3,6-7,12,15-17H,4-5,8-11,13H2,(H,21,23)/b18-12-. The molecule has 1 saturated carbocycles. The third-order valence-electron chi connectivity index (χ3n) is 5.47. The summed E-state index contributed by atoms with van der Waals surface area (Å²) in [6, 6.07) is 10.1. The Morgan fingerprint density at radius 2 is 1.92 bits per heavy atom. The van der Waals surface area contributed by atoms with Crippen molar-refractivity contribution in [3.05, 3.63) is 40.8 Å². The summed E-state index contributed by atoms with van der Waals surface area (Å²) in [6.45, 7) is 1.82. The molecule has 1 aromatic rings. The molecule has 0 aromatic heterocycles. The number of nitrogens with one attached hydrogen (secondary N) is 1. The minimum Gasteiger partial charge on any atom is -0.348 e. The molecule has 3 fully saturated rings. The second-order valence-electron chi connectivity index (χ2n) is 7.20. The maximum absolute atomic E-state index is 12.7. The van der Waals surface area contributed by atoms with Crippen LogP contribution in [-0.4, -0.2) is 41.1 Å². The zero-order valence-corrected chi connectivity index (χ0v) is 15.1. The third kappa shape index (κ3) is 3.61. The lowest BCUT2D eigenvalue weighted by atomic mass is 9.84. The number of amides is 2. The Kier molecular flexibility index (Phi) is 4.84. The van der Waals surface area contributed by atoms with Gasteiger partial charge in [0.25, 0.3) is 5.91 Å². The smallest absolute Gasteiger partial charge is 0.257 e. The van der Waals surface area contributed by atoms with E-state index < -0.39 is 0 Å². The summed E-state index contributed by atoms with van der Waals surface area (Å²) in [4.78, 5) is 28.0. The van der Waals surface area contributed by atoms with Crippen LogP contribution in [0.25, 0.3) is 6.08 Å². The van der Waals surface area contributed by atoms with Gasteiger partial charge in [0.05, 0.1) is 4.91 Å². The van der Waals surface area contributed by atoms with Gasteiger partial charge >= 0.3 is 0 Å². The zero-order valence-electron chi connectivity index (χ0n) is 14.3. The molecule has 0 spiro atoms. The van der Waals surface area contributed by atoms with Crippen LogP contribution in [0.5, 0.6) is 0 Å². The predicted octanol–water partition coefficient (Wildman–Crippen LogP) is 3.05. The maximum atomic E-state index is 12.7. The zero-order chi connectivity index (χ0) is 17.2. The van der Waals surface area contributed by atoms with E-state index >= 15 is 0 Å². The second kappa shape index (κ2) is 7.24. The molecule has 0 bridgehead atoms. The van der Waals surface area contributed by atoms with E-state index in [1.807, 2.05) is 41.3 Å². The summed E-state index contributed by atoms with van der Waals surface area (Å²) in [5.41, 5.74) is 1.05. The summed E-state index contributed by atoms with van der Waals surface area (Å²) >= 11 is 1.69. The van der Waals surface area contributed by atoms with E-state index in [0.29, 0.717) is 11.2 Å². The van der Waals surface area contributed by atoms with Crippen molar-refractivity contribution in [2.75, 3.05) is 13.1 Å². The molecule has 1 N–H and O–H groups in total. The quantitative estimate of drug-likeness (QED) is 0.829. The van der Waals surface area contributed by atoms with Crippen LogP contribution in [0.1, 0.15) is 37.7 Å². The molecule has 3 atom stereocenters. The van der Waals surface area contributed by atoms with Crippen LogP contribution in [0, 0.1) is 5.92 Å².